The quantitative estimate of drug-likeness (QED) is 0.694. The van der Waals surface area contributed by atoms with Gasteiger partial charge in [-0.3, -0.25) is 0 Å². The number of rotatable bonds is 5. The maximum Gasteiger partial charge on any atom is 0.246 e. The maximum absolute atomic E-state index is 14.3. The van der Waals surface area contributed by atoms with Gasteiger partial charge in [-0.15, -0.1) is 0 Å². The number of nitrogens with one attached hydrogen (secondary N) is 2. The van der Waals surface area contributed by atoms with Gasteiger partial charge in [0.2, 0.25) is 10.0 Å². The number of thiocarbonyl (C=S) groups is 1. The number of anilines is 2. The van der Waals surface area contributed by atoms with Gasteiger partial charge < -0.3 is 15.4 Å². The predicted octanol–water partition coefficient (Wildman–Crippen LogP) is 3.78. The van der Waals surface area contributed by atoms with Crippen LogP contribution in [0.3, 0.4) is 0 Å². The average molecular weight is 438 g/mol. The highest BCUT2D eigenvalue weighted by molar-refractivity contribution is 7.89. The number of morpholine rings is 1. The van der Waals surface area contributed by atoms with Crippen molar-refractivity contribution in [2.75, 3.05) is 36.9 Å². The second-order valence-corrected chi connectivity index (χ2v) is 9.33. The van der Waals surface area contributed by atoms with Crippen LogP contribution in [-0.2, 0) is 14.8 Å². The summed E-state index contributed by atoms with van der Waals surface area (Å²) in [7, 11) is -3.95. The maximum atomic E-state index is 14.3. The van der Waals surface area contributed by atoms with Gasteiger partial charge in [-0.1, -0.05) is 26.0 Å². The Morgan fingerprint density at radius 2 is 1.66 bits per heavy atom. The van der Waals surface area contributed by atoms with Crippen molar-refractivity contribution < 1.29 is 17.5 Å². The highest BCUT2D eigenvalue weighted by atomic mass is 32.2. The summed E-state index contributed by atoms with van der Waals surface area (Å²) in [6.45, 7) is 5.22. The van der Waals surface area contributed by atoms with E-state index in [9.17, 15) is 12.8 Å². The van der Waals surface area contributed by atoms with E-state index in [2.05, 4.69) is 24.5 Å². The van der Waals surface area contributed by atoms with E-state index in [-0.39, 0.29) is 23.1 Å². The van der Waals surface area contributed by atoms with Crippen LogP contribution < -0.4 is 10.6 Å². The van der Waals surface area contributed by atoms with Gasteiger partial charge >= 0.3 is 0 Å². The van der Waals surface area contributed by atoms with Gasteiger partial charge in [0.15, 0.2) is 5.11 Å². The first-order chi connectivity index (χ1) is 13.8. The minimum atomic E-state index is -3.95. The molecule has 9 heteroatoms. The number of hydrogen-bond acceptors (Lipinski definition) is 4. The molecule has 2 aromatic carbocycles. The molecule has 0 radical (unpaired) electrons. The standard InChI is InChI=1S/C20H24FN3O3S2/c1-14(2)15-3-5-16(6-4-15)22-20(28)23-17-7-8-18(21)19(13-17)29(25,26)24-9-11-27-12-10-24/h3-8,13-14H,9-12H2,1-2H3,(H2,22,23,28). The van der Waals surface area contributed by atoms with E-state index < -0.39 is 15.8 Å². The van der Waals surface area contributed by atoms with Crippen LogP contribution in [0.2, 0.25) is 0 Å². The lowest BCUT2D eigenvalue weighted by Gasteiger charge is -2.26. The Labute approximate surface area is 176 Å². The van der Waals surface area contributed by atoms with Crippen molar-refractivity contribution in [1.82, 2.24) is 4.31 Å². The zero-order chi connectivity index (χ0) is 21.0. The van der Waals surface area contributed by atoms with Crippen molar-refractivity contribution in [2.45, 2.75) is 24.7 Å². The van der Waals surface area contributed by atoms with Gasteiger partial charge in [0, 0.05) is 24.5 Å². The van der Waals surface area contributed by atoms with E-state index in [1.807, 2.05) is 24.3 Å². The van der Waals surface area contributed by atoms with E-state index in [1.165, 1.54) is 22.0 Å². The molecule has 0 spiro atoms. The van der Waals surface area contributed by atoms with E-state index in [0.29, 0.717) is 24.8 Å². The minimum absolute atomic E-state index is 0.200. The third-order valence-corrected chi connectivity index (χ3v) is 6.73. The Morgan fingerprint density at radius 1 is 1.07 bits per heavy atom. The van der Waals surface area contributed by atoms with E-state index >= 15 is 0 Å². The van der Waals surface area contributed by atoms with E-state index in [0.717, 1.165) is 11.8 Å². The normalized spacial score (nSPS) is 15.3. The summed E-state index contributed by atoms with van der Waals surface area (Å²) in [4.78, 5) is -0.381. The van der Waals surface area contributed by atoms with Crippen LogP contribution in [0.25, 0.3) is 0 Å². The van der Waals surface area contributed by atoms with Crippen LogP contribution in [0, 0.1) is 5.82 Å². The molecule has 0 unspecified atom stereocenters. The highest BCUT2D eigenvalue weighted by Gasteiger charge is 2.29. The molecule has 6 nitrogen and oxygen atoms in total. The molecule has 29 heavy (non-hydrogen) atoms. The van der Waals surface area contributed by atoms with Crippen LogP contribution in [0.4, 0.5) is 15.8 Å². The smallest absolute Gasteiger partial charge is 0.246 e. The fourth-order valence-electron chi connectivity index (χ4n) is 2.95. The van der Waals surface area contributed by atoms with Crippen LogP contribution in [0.5, 0.6) is 0 Å². The molecule has 3 rings (SSSR count). The molecule has 2 aromatic rings. The zero-order valence-corrected chi connectivity index (χ0v) is 17.9. The fraction of sp³-hybridized carbons (Fsp3) is 0.350. The number of benzene rings is 2. The number of ether oxygens (including phenoxy) is 1. The first-order valence-corrected chi connectivity index (χ1v) is 11.2. The van der Waals surface area contributed by atoms with Crippen molar-refractivity contribution in [3.8, 4) is 0 Å². The lowest BCUT2D eigenvalue weighted by atomic mass is 10.0. The largest absolute Gasteiger partial charge is 0.379 e. The molecule has 0 amide bonds. The molecule has 1 aliphatic heterocycles. The zero-order valence-electron chi connectivity index (χ0n) is 16.3. The van der Waals surface area contributed by atoms with Gasteiger partial charge in [-0.25, -0.2) is 12.8 Å². The monoisotopic (exact) mass is 437 g/mol. The molecule has 1 aliphatic rings. The molecule has 0 atom stereocenters. The Morgan fingerprint density at radius 3 is 2.28 bits per heavy atom. The van der Waals surface area contributed by atoms with Crippen molar-refractivity contribution >= 4 is 38.7 Å². The first kappa shape index (κ1) is 21.6. The van der Waals surface area contributed by atoms with Crippen molar-refractivity contribution in [3.63, 3.8) is 0 Å². The van der Waals surface area contributed by atoms with Crippen LogP contribution in [-0.4, -0.2) is 44.1 Å². The topological polar surface area (TPSA) is 70.7 Å². The van der Waals surface area contributed by atoms with Gasteiger partial charge in [0.25, 0.3) is 0 Å². The summed E-state index contributed by atoms with van der Waals surface area (Å²) >= 11 is 5.30. The van der Waals surface area contributed by atoms with Gasteiger partial charge in [0.1, 0.15) is 10.7 Å². The molecule has 0 aromatic heterocycles. The summed E-state index contributed by atoms with van der Waals surface area (Å²) in [5, 5.41) is 6.24. The highest BCUT2D eigenvalue weighted by Crippen LogP contribution is 2.24. The second-order valence-electron chi connectivity index (χ2n) is 7.02. The second kappa shape index (κ2) is 9.17. The van der Waals surface area contributed by atoms with Crippen LogP contribution in [0.1, 0.15) is 25.3 Å². The summed E-state index contributed by atoms with van der Waals surface area (Å²) in [5.74, 6) is -0.370. The van der Waals surface area contributed by atoms with E-state index in [1.54, 1.807) is 0 Å². The Hall–Kier alpha value is -2.07. The molecule has 0 aliphatic carbocycles. The van der Waals surface area contributed by atoms with Crippen LogP contribution in [0.15, 0.2) is 47.4 Å². The molecule has 0 bridgehead atoms. The molecule has 1 heterocycles. The Balaban J connectivity index is 1.73. The first-order valence-electron chi connectivity index (χ1n) is 9.33. The van der Waals surface area contributed by atoms with Gasteiger partial charge in [0.05, 0.1) is 13.2 Å². The lowest BCUT2D eigenvalue weighted by molar-refractivity contribution is 0.0729. The summed E-state index contributed by atoms with van der Waals surface area (Å²) < 4.78 is 46.3. The fourth-order valence-corrected chi connectivity index (χ4v) is 4.68. The minimum Gasteiger partial charge on any atom is -0.379 e. The number of hydrogen-bond donors (Lipinski definition) is 2. The van der Waals surface area contributed by atoms with Crippen molar-refractivity contribution in [3.05, 3.63) is 53.8 Å². The summed E-state index contributed by atoms with van der Waals surface area (Å²) in [5.41, 5.74) is 2.40. The molecular weight excluding hydrogens is 413 g/mol. The molecule has 1 saturated heterocycles. The van der Waals surface area contributed by atoms with Crippen LogP contribution >= 0.6 is 12.2 Å². The molecular formula is C20H24FN3O3S2. The third-order valence-electron chi connectivity index (χ3n) is 4.61. The summed E-state index contributed by atoms with van der Waals surface area (Å²) in [6.07, 6.45) is 0. The molecule has 156 valence electrons. The Bertz CT molecular complexity index is 973. The van der Waals surface area contributed by atoms with Crippen molar-refractivity contribution in [1.29, 1.82) is 0 Å². The number of sulfonamides is 1. The SMILES string of the molecule is CC(C)c1ccc(NC(=S)Nc2ccc(F)c(S(=O)(=O)N3CCOCC3)c2)cc1. The predicted molar refractivity (Wildman–Crippen MR) is 116 cm³/mol. The lowest BCUT2D eigenvalue weighted by Crippen LogP contribution is -2.40. The molecule has 1 fully saturated rings. The average Bonchev–Trinajstić information content (AvgIpc) is 2.70. The van der Waals surface area contributed by atoms with Crippen molar-refractivity contribution in [2.24, 2.45) is 0 Å². The van der Waals surface area contributed by atoms with E-state index in [4.69, 9.17) is 17.0 Å². The molecule has 2 N–H and O–H groups in total. The van der Waals surface area contributed by atoms with Gasteiger partial charge in [-0.05, 0) is 54.0 Å². The summed E-state index contributed by atoms with van der Waals surface area (Å²) in [6, 6.07) is 11.7. The number of nitrogens with zero attached hydrogens (tertiary/aromatic N) is 1. The number of halogens is 1. The Kier molecular flexibility index (Phi) is 6.84. The third kappa shape index (κ3) is 5.30. The molecule has 0 saturated carbocycles. The van der Waals surface area contributed by atoms with Gasteiger partial charge in [-0.2, -0.15) is 4.31 Å².